The molecule has 1 saturated carbocycles. The van der Waals surface area contributed by atoms with Crippen LogP contribution in [0.4, 0.5) is 0 Å². The standard InChI is InChI=1S/C14H27NOS/c1-11-12(4-9-17-11)15-10-14(16)7-5-13(2,3)6-8-14/h11-12,15-16H,4-10H2,1-3H3. The number of nitrogens with one attached hydrogen (secondary N) is 1. The van der Waals surface area contributed by atoms with E-state index in [1.54, 1.807) is 0 Å². The van der Waals surface area contributed by atoms with Crippen LogP contribution in [0.15, 0.2) is 0 Å². The number of hydrogen-bond donors (Lipinski definition) is 2. The van der Waals surface area contributed by atoms with Crippen LogP contribution in [0.25, 0.3) is 0 Å². The van der Waals surface area contributed by atoms with Gasteiger partial charge in [0.1, 0.15) is 0 Å². The van der Waals surface area contributed by atoms with Crippen LogP contribution in [-0.4, -0.2) is 34.3 Å². The first-order valence-electron chi connectivity index (χ1n) is 6.98. The molecule has 100 valence electrons. The Bertz CT molecular complexity index is 257. The summed E-state index contributed by atoms with van der Waals surface area (Å²) < 4.78 is 0. The molecule has 0 aromatic heterocycles. The summed E-state index contributed by atoms with van der Waals surface area (Å²) in [6.45, 7) is 7.72. The third-order valence-electron chi connectivity index (χ3n) is 4.60. The molecular weight excluding hydrogens is 230 g/mol. The fourth-order valence-electron chi connectivity index (χ4n) is 2.89. The Hall–Kier alpha value is 0.270. The molecule has 2 unspecified atom stereocenters. The Labute approximate surface area is 110 Å². The summed E-state index contributed by atoms with van der Waals surface area (Å²) in [6.07, 6.45) is 5.48. The Morgan fingerprint density at radius 1 is 1.24 bits per heavy atom. The molecule has 0 spiro atoms. The summed E-state index contributed by atoms with van der Waals surface area (Å²) >= 11 is 2.05. The molecule has 2 rings (SSSR count). The van der Waals surface area contributed by atoms with Crippen molar-refractivity contribution in [1.29, 1.82) is 0 Å². The summed E-state index contributed by atoms with van der Waals surface area (Å²) in [5.74, 6) is 1.27. The van der Waals surface area contributed by atoms with E-state index in [9.17, 15) is 5.11 Å². The van der Waals surface area contributed by atoms with Gasteiger partial charge in [-0.05, 0) is 43.3 Å². The fourth-order valence-corrected chi connectivity index (χ4v) is 4.12. The molecule has 2 aliphatic rings. The zero-order valence-electron chi connectivity index (χ0n) is 11.5. The van der Waals surface area contributed by atoms with Gasteiger partial charge in [0, 0.05) is 17.8 Å². The van der Waals surface area contributed by atoms with Gasteiger partial charge < -0.3 is 10.4 Å². The molecule has 17 heavy (non-hydrogen) atoms. The SMILES string of the molecule is CC1SCCC1NCC1(O)CCC(C)(C)CC1. The highest BCUT2D eigenvalue weighted by Crippen LogP contribution is 2.40. The monoisotopic (exact) mass is 257 g/mol. The van der Waals surface area contributed by atoms with Crippen LogP contribution in [0.1, 0.15) is 52.9 Å². The second kappa shape index (κ2) is 5.10. The molecule has 1 aliphatic carbocycles. The highest BCUT2D eigenvalue weighted by molar-refractivity contribution is 8.00. The lowest BCUT2D eigenvalue weighted by atomic mass is 9.71. The van der Waals surface area contributed by atoms with Gasteiger partial charge in [-0.3, -0.25) is 0 Å². The first kappa shape index (κ1) is 13.7. The van der Waals surface area contributed by atoms with E-state index in [1.165, 1.54) is 12.2 Å². The largest absolute Gasteiger partial charge is 0.389 e. The van der Waals surface area contributed by atoms with Crippen LogP contribution in [0.2, 0.25) is 0 Å². The summed E-state index contributed by atoms with van der Waals surface area (Å²) in [5, 5.41) is 14.9. The number of rotatable bonds is 3. The topological polar surface area (TPSA) is 32.3 Å². The van der Waals surface area contributed by atoms with Gasteiger partial charge in [-0.15, -0.1) is 0 Å². The van der Waals surface area contributed by atoms with Crippen molar-refractivity contribution in [1.82, 2.24) is 5.32 Å². The molecule has 0 radical (unpaired) electrons. The van der Waals surface area contributed by atoms with Gasteiger partial charge in [-0.1, -0.05) is 20.8 Å². The van der Waals surface area contributed by atoms with Crippen molar-refractivity contribution < 1.29 is 5.11 Å². The molecule has 1 heterocycles. The predicted molar refractivity (Wildman–Crippen MR) is 75.5 cm³/mol. The lowest BCUT2D eigenvalue weighted by molar-refractivity contribution is -0.0259. The first-order valence-corrected chi connectivity index (χ1v) is 8.03. The lowest BCUT2D eigenvalue weighted by Crippen LogP contribution is -2.48. The van der Waals surface area contributed by atoms with E-state index in [1.807, 2.05) is 11.8 Å². The maximum absolute atomic E-state index is 10.6. The lowest BCUT2D eigenvalue weighted by Gasteiger charge is -2.41. The maximum Gasteiger partial charge on any atom is 0.0772 e. The van der Waals surface area contributed by atoms with Crippen molar-refractivity contribution in [2.24, 2.45) is 5.41 Å². The van der Waals surface area contributed by atoms with Gasteiger partial charge in [0.15, 0.2) is 0 Å². The molecule has 0 bridgehead atoms. The minimum Gasteiger partial charge on any atom is -0.389 e. The minimum absolute atomic E-state index is 0.433. The normalized spacial score (nSPS) is 36.0. The summed E-state index contributed by atoms with van der Waals surface area (Å²) in [6, 6.07) is 0.610. The van der Waals surface area contributed by atoms with E-state index >= 15 is 0 Å². The summed E-state index contributed by atoms with van der Waals surface area (Å²) in [7, 11) is 0. The van der Waals surface area contributed by atoms with Crippen molar-refractivity contribution in [3.05, 3.63) is 0 Å². The molecule has 3 heteroatoms. The van der Waals surface area contributed by atoms with E-state index < -0.39 is 5.60 Å². The van der Waals surface area contributed by atoms with Crippen molar-refractivity contribution >= 4 is 11.8 Å². The third kappa shape index (κ3) is 3.62. The zero-order valence-corrected chi connectivity index (χ0v) is 12.3. The molecule has 0 aromatic rings. The zero-order chi connectivity index (χ0) is 12.5. The fraction of sp³-hybridized carbons (Fsp3) is 1.00. The molecular formula is C14H27NOS. The summed E-state index contributed by atoms with van der Waals surface area (Å²) in [4.78, 5) is 0. The maximum atomic E-state index is 10.6. The average Bonchev–Trinajstić information content (AvgIpc) is 2.67. The molecule has 0 aromatic carbocycles. The average molecular weight is 257 g/mol. The molecule has 0 amide bonds. The molecule has 1 aliphatic heterocycles. The molecule has 2 fully saturated rings. The second-order valence-corrected chi connectivity index (χ2v) is 8.23. The first-order chi connectivity index (χ1) is 7.90. The van der Waals surface area contributed by atoms with Crippen LogP contribution >= 0.6 is 11.8 Å². The van der Waals surface area contributed by atoms with Crippen molar-refractivity contribution in [3.63, 3.8) is 0 Å². The Morgan fingerprint density at radius 2 is 1.88 bits per heavy atom. The minimum atomic E-state index is -0.442. The Balaban J connectivity index is 1.78. The van der Waals surface area contributed by atoms with E-state index in [0.717, 1.165) is 32.2 Å². The van der Waals surface area contributed by atoms with Gasteiger partial charge in [0.25, 0.3) is 0 Å². The van der Waals surface area contributed by atoms with Gasteiger partial charge in [-0.25, -0.2) is 0 Å². The predicted octanol–water partition coefficient (Wildman–Crippen LogP) is 2.80. The van der Waals surface area contributed by atoms with E-state index in [4.69, 9.17) is 0 Å². The van der Waals surface area contributed by atoms with Crippen molar-refractivity contribution in [2.75, 3.05) is 12.3 Å². The van der Waals surface area contributed by atoms with Crippen molar-refractivity contribution in [3.8, 4) is 0 Å². The molecule has 1 saturated heterocycles. The van der Waals surface area contributed by atoms with Crippen LogP contribution in [0, 0.1) is 5.41 Å². The molecule has 2 atom stereocenters. The Morgan fingerprint density at radius 3 is 2.41 bits per heavy atom. The smallest absolute Gasteiger partial charge is 0.0772 e. The van der Waals surface area contributed by atoms with Gasteiger partial charge in [0.05, 0.1) is 5.60 Å². The van der Waals surface area contributed by atoms with E-state index in [0.29, 0.717) is 16.7 Å². The highest BCUT2D eigenvalue weighted by atomic mass is 32.2. The Kier molecular flexibility index (Phi) is 4.11. The van der Waals surface area contributed by atoms with E-state index in [-0.39, 0.29) is 0 Å². The van der Waals surface area contributed by atoms with E-state index in [2.05, 4.69) is 26.1 Å². The number of hydrogen-bond acceptors (Lipinski definition) is 3. The highest BCUT2D eigenvalue weighted by Gasteiger charge is 2.37. The van der Waals surface area contributed by atoms with Crippen LogP contribution in [0.3, 0.4) is 0 Å². The molecule has 2 nitrogen and oxygen atoms in total. The van der Waals surface area contributed by atoms with Crippen LogP contribution in [0.5, 0.6) is 0 Å². The van der Waals surface area contributed by atoms with Gasteiger partial charge in [0.2, 0.25) is 0 Å². The summed E-state index contributed by atoms with van der Waals surface area (Å²) in [5.41, 5.74) is -0.00870. The van der Waals surface area contributed by atoms with Crippen LogP contribution < -0.4 is 5.32 Å². The second-order valence-electron chi connectivity index (χ2n) is 6.74. The van der Waals surface area contributed by atoms with Gasteiger partial charge in [-0.2, -0.15) is 11.8 Å². The third-order valence-corrected chi connectivity index (χ3v) is 5.93. The van der Waals surface area contributed by atoms with Gasteiger partial charge >= 0.3 is 0 Å². The van der Waals surface area contributed by atoms with Crippen molar-refractivity contribution in [2.45, 2.75) is 69.8 Å². The van der Waals surface area contributed by atoms with Crippen LogP contribution in [-0.2, 0) is 0 Å². The quantitative estimate of drug-likeness (QED) is 0.815. The molecule has 2 N–H and O–H groups in total. The number of aliphatic hydroxyl groups is 1. The number of thioether (sulfide) groups is 1.